The second kappa shape index (κ2) is 64.9. The number of unbranched alkanes of at least 4 members (excludes halogenated alkanes) is 32. The smallest absolute Gasteiger partial charge is 0.306 e. The van der Waals surface area contributed by atoms with Crippen LogP contribution in [0.4, 0.5) is 0 Å². The van der Waals surface area contributed by atoms with Crippen LogP contribution in [0.1, 0.15) is 316 Å². The van der Waals surface area contributed by atoms with Gasteiger partial charge in [-0.2, -0.15) is 0 Å². The Morgan fingerprint density at radius 2 is 0.532 bits per heavy atom. The van der Waals surface area contributed by atoms with Crippen LogP contribution in [0, 0.1) is 0 Å². The molecule has 0 amide bonds. The third kappa shape index (κ3) is 63.0. The zero-order valence-corrected chi connectivity index (χ0v) is 50.7. The van der Waals surface area contributed by atoms with Crippen molar-refractivity contribution in [3.63, 3.8) is 0 Å². The SMILES string of the molecule is CC/C=C\C/C=C\C/C=C\C/C=C\C/C=C\C/C=C\CCCCCCCCCCCCCCCCCCC(=O)OCC(COC(=O)CCCCCCC/C=C\CCC)OC(=O)CCCCCCC/C=C\CCCCCCC. The molecule has 0 rings (SSSR count). The summed E-state index contributed by atoms with van der Waals surface area (Å²) in [7, 11) is 0. The van der Waals surface area contributed by atoms with E-state index in [0.29, 0.717) is 19.3 Å². The van der Waals surface area contributed by atoms with Gasteiger partial charge >= 0.3 is 17.9 Å². The molecule has 6 heteroatoms. The average Bonchev–Trinajstić information content (AvgIpc) is 3.43. The monoisotopic (exact) mass is 1070 g/mol. The number of hydrogen-bond acceptors (Lipinski definition) is 6. The molecule has 0 saturated heterocycles. The molecule has 0 saturated carbocycles. The molecule has 0 aromatic heterocycles. The van der Waals surface area contributed by atoms with Crippen molar-refractivity contribution in [3.05, 3.63) is 97.2 Å². The Labute approximate surface area is 477 Å². The average molecular weight is 1070 g/mol. The third-order valence-electron chi connectivity index (χ3n) is 14.0. The van der Waals surface area contributed by atoms with Crippen molar-refractivity contribution in [2.75, 3.05) is 13.2 Å². The second-order valence-corrected chi connectivity index (χ2v) is 21.6. The van der Waals surface area contributed by atoms with E-state index >= 15 is 0 Å². The summed E-state index contributed by atoms with van der Waals surface area (Å²) < 4.78 is 16.9. The molecule has 0 aromatic carbocycles. The van der Waals surface area contributed by atoms with E-state index in [-0.39, 0.29) is 31.1 Å². The molecule has 0 fully saturated rings. The van der Waals surface area contributed by atoms with Crippen LogP contribution in [0.15, 0.2) is 97.2 Å². The van der Waals surface area contributed by atoms with Crippen LogP contribution in [0.5, 0.6) is 0 Å². The fourth-order valence-corrected chi connectivity index (χ4v) is 9.15. The van der Waals surface area contributed by atoms with E-state index in [1.807, 2.05) is 0 Å². The Morgan fingerprint density at radius 1 is 0.273 bits per heavy atom. The lowest BCUT2D eigenvalue weighted by Crippen LogP contribution is -2.30. The molecule has 0 aliphatic carbocycles. The molecule has 6 nitrogen and oxygen atoms in total. The van der Waals surface area contributed by atoms with Crippen LogP contribution < -0.4 is 0 Å². The number of esters is 3. The number of ether oxygens (including phenoxy) is 3. The summed E-state index contributed by atoms with van der Waals surface area (Å²) in [5, 5.41) is 0. The first kappa shape index (κ1) is 73.3. The van der Waals surface area contributed by atoms with Crippen LogP contribution in [0.2, 0.25) is 0 Å². The van der Waals surface area contributed by atoms with Crippen LogP contribution in [-0.4, -0.2) is 37.2 Å². The molecule has 0 N–H and O–H groups in total. The van der Waals surface area contributed by atoms with Crippen molar-refractivity contribution >= 4 is 17.9 Å². The molecule has 0 aliphatic heterocycles. The fourth-order valence-electron chi connectivity index (χ4n) is 9.15. The molecule has 0 aliphatic rings. The molecule has 0 bridgehead atoms. The topological polar surface area (TPSA) is 78.9 Å². The first-order valence-corrected chi connectivity index (χ1v) is 32.7. The second-order valence-electron chi connectivity index (χ2n) is 21.6. The fraction of sp³-hybridized carbons (Fsp3) is 0.732. The summed E-state index contributed by atoms with van der Waals surface area (Å²) in [6.45, 7) is 6.46. The minimum Gasteiger partial charge on any atom is -0.462 e. The molecular formula is C71H122O6. The lowest BCUT2D eigenvalue weighted by atomic mass is 10.0. The Hall–Kier alpha value is -3.67. The highest BCUT2D eigenvalue weighted by atomic mass is 16.6. The van der Waals surface area contributed by atoms with Crippen molar-refractivity contribution < 1.29 is 28.6 Å². The van der Waals surface area contributed by atoms with E-state index in [4.69, 9.17) is 14.2 Å². The highest BCUT2D eigenvalue weighted by molar-refractivity contribution is 5.71. The van der Waals surface area contributed by atoms with Gasteiger partial charge in [0.2, 0.25) is 0 Å². The third-order valence-corrected chi connectivity index (χ3v) is 14.0. The van der Waals surface area contributed by atoms with Gasteiger partial charge in [0.15, 0.2) is 6.10 Å². The van der Waals surface area contributed by atoms with Crippen molar-refractivity contribution in [2.45, 2.75) is 322 Å². The van der Waals surface area contributed by atoms with E-state index in [1.54, 1.807) is 0 Å². The summed E-state index contributed by atoms with van der Waals surface area (Å²) in [5.74, 6) is -0.891. The first-order valence-electron chi connectivity index (χ1n) is 32.7. The van der Waals surface area contributed by atoms with Crippen molar-refractivity contribution in [3.8, 4) is 0 Å². The summed E-state index contributed by atoms with van der Waals surface area (Å²) >= 11 is 0. The Kier molecular flexibility index (Phi) is 61.8. The van der Waals surface area contributed by atoms with Crippen molar-refractivity contribution in [1.82, 2.24) is 0 Å². The zero-order valence-electron chi connectivity index (χ0n) is 50.7. The van der Waals surface area contributed by atoms with Gasteiger partial charge in [-0.05, 0) is 116 Å². The molecule has 77 heavy (non-hydrogen) atoms. The predicted octanol–water partition coefficient (Wildman–Crippen LogP) is 22.4. The van der Waals surface area contributed by atoms with E-state index in [9.17, 15) is 14.4 Å². The number of carbonyl (C=O) groups is 3. The maximum atomic E-state index is 12.8. The van der Waals surface area contributed by atoms with Gasteiger partial charge in [-0.25, -0.2) is 0 Å². The summed E-state index contributed by atoms with van der Waals surface area (Å²) in [4.78, 5) is 38.1. The van der Waals surface area contributed by atoms with E-state index < -0.39 is 6.10 Å². The Balaban J connectivity index is 4.07. The molecule has 0 heterocycles. The molecule has 1 unspecified atom stereocenters. The molecule has 442 valence electrons. The molecule has 1 atom stereocenters. The van der Waals surface area contributed by atoms with E-state index in [2.05, 4.69) is 118 Å². The summed E-state index contributed by atoms with van der Waals surface area (Å²) in [6, 6.07) is 0. The maximum Gasteiger partial charge on any atom is 0.306 e. The number of hydrogen-bond donors (Lipinski definition) is 0. The van der Waals surface area contributed by atoms with Crippen LogP contribution in [-0.2, 0) is 28.6 Å². The molecule has 0 spiro atoms. The highest BCUT2D eigenvalue weighted by Crippen LogP contribution is 2.16. The van der Waals surface area contributed by atoms with Crippen molar-refractivity contribution in [1.29, 1.82) is 0 Å². The molecule has 0 aromatic rings. The van der Waals surface area contributed by atoms with Crippen LogP contribution >= 0.6 is 0 Å². The number of rotatable bonds is 59. The lowest BCUT2D eigenvalue weighted by molar-refractivity contribution is -0.167. The van der Waals surface area contributed by atoms with Crippen LogP contribution in [0.25, 0.3) is 0 Å². The van der Waals surface area contributed by atoms with E-state index in [1.165, 1.54) is 154 Å². The maximum absolute atomic E-state index is 12.8. The van der Waals surface area contributed by atoms with Gasteiger partial charge in [-0.1, -0.05) is 279 Å². The number of allylic oxidation sites excluding steroid dienone is 16. The van der Waals surface area contributed by atoms with Gasteiger partial charge in [0.25, 0.3) is 0 Å². The highest BCUT2D eigenvalue weighted by Gasteiger charge is 2.19. The largest absolute Gasteiger partial charge is 0.462 e. The van der Waals surface area contributed by atoms with Gasteiger partial charge in [0, 0.05) is 19.3 Å². The summed E-state index contributed by atoms with van der Waals surface area (Å²) in [6.07, 6.45) is 87.3. The Bertz CT molecular complexity index is 1510. The lowest BCUT2D eigenvalue weighted by Gasteiger charge is -2.18. The van der Waals surface area contributed by atoms with Gasteiger partial charge in [-0.15, -0.1) is 0 Å². The standard InChI is InChI=1S/C71H122O6/c1-4-7-10-13-16-19-22-24-26-27-28-29-30-31-32-33-34-35-36-37-38-39-40-41-42-43-44-45-46-48-49-52-55-58-61-64-70(73)76-67-68(66-75-69(72)63-60-57-54-51-21-18-15-12-9-6-3)77-71(74)65-62-59-56-53-50-47-25-23-20-17-14-11-8-5-2/h7,10,12,15-16,19,23-26,28-29,31-32,34-35,68H,4-6,8-9,11,13-14,17-18,20-22,27,30,33,36-67H2,1-3H3/b10-7-,15-12-,19-16-,25-23-,26-24-,29-28-,32-31-,35-34-. The van der Waals surface area contributed by atoms with Crippen molar-refractivity contribution in [2.24, 2.45) is 0 Å². The van der Waals surface area contributed by atoms with Crippen LogP contribution in [0.3, 0.4) is 0 Å². The first-order chi connectivity index (χ1) is 38.0. The minimum absolute atomic E-state index is 0.0802. The van der Waals surface area contributed by atoms with Gasteiger partial charge in [0.05, 0.1) is 0 Å². The Morgan fingerprint density at radius 3 is 0.857 bits per heavy atom. The quantitative estimate of drug-likeness (QED) is 0.0261. The zero-order chi connectivity index (χ0) is 55.7. The number of carbonyl (C=O) groups excluding carboxylic acids is 3. The minimum atomic E-state index is -0.782. The van der Waals surface area contributed by atoms with Gasteiger partial charge < -0.3 is 14.2 Å². The predicted molar refractivity (Wildman–Crippen MR) is 334 cm³/mol. The normalized spacial score (nSPS) is 12.7. The molecular weight excluding hydrogens is 949 g/mol. The molecule has 0 radical (unpaired) electrons. The van der Waals surface area contributed by atoms with E-state index in [0.717, 1.165) is 122 Å². The van der Waals surface area contributed by atoms with Gasteiger partial charge in [-0.3, -0.25) is 14.4 Å². The van der Waals surface area contributed by atoms with Gasteiger partial charge in [0.1, 0.15) is 13.2 Å². The summed E-state index contributed by atoms with van der Waals surface area (Å²) in [5.41, 5.74) is 0.